The zero-order valence-electron chi connectivity index (χ0n) is 15.7. The number of fused-ring (bicyclic) bond motifs is 1. The molecule has 0 saturated heterocycles. The molecule has 1 saturated carbocycles. The Hall–Kier alpha value is -1.90. The van der Waals surface area contributed by atoms with Crippen LogP contribution in [0.4, 0.5) is 5.69 Å². The topological polar surface area (TPSA) is 83.6 Å². The van der Waals surface area contributed by atoms with Crippen molar-refractivity contribution < 1.29 is 16.8 Å². The van der Waals surface area contributed by atoms with Crippen LogP contribution in [-0.4, -0.2) is 28.9 Å². The zero-order valence-corrected chi connectivity index (χ0v) is 17.3. The number of sulfonamides is 2. The molecular weight excluding hydrogens is 396 g/mol. The molecule has 2 aromatic rings. The largest absolute Gasteiger partial charge is 0.264 e. The van der Waals surface area contributed by atoms with Crippen LogP contribution in [0.15, 0.2) is 58.3 Å². The van der Waals surface area contributed by atoms with Crippen LogP contribution in [0.2, 0.25) is 0 Å². The van der Waals surface area contributed by atoms with E-state index in [2.05, 4.69) is 4.72 Å². The summed E-state index contributed by atoms with van der Waals surface area (Å²) in [5.41, 5.74) is 1.69. The van der Waals surface area contributed by atoms with Gasteiger partial charge in [-0.15, -0.1) is 0 Å². The van der Waals surface area contributed by atoms with Crippen LogP contribution in [0.3, 0.4) is 0 Å². The number of nitrogens with zero attached hydrogens (tertiary/aromatic N) is 1. The normalized spacial score (nSPS) is 20.5. The summed E-state index contributed by atoms with van der Waals surface area (Å²) in [6, 6.07) is 12.8. The third kappa shape index (κ3) is 3.44. The Morgan fingerprint density at radius 3 is 2.18 bits per heavy atom. The third-order valence-corrected chi connectivity index (χ3v) is 8.99. The van der Waals surface area contributed by atoms with Gasteiger partial charge in [0.2, 0.25) is 10.0 Å². The molecule has 2 aliphatic rings. The fraction of sp³-hybridized carbons (Fsp3) is 0.400. The highest BCUT2D eigenvalue weighted by molar-refractivity contribution is 7.93. The van der Waals surface area contributed by atoms with Gasteiger partial charge in [0, 0.05) is 12.1 Å². The van der Waals surface area contributed by atoms with Gasteiger partial charge >= 0.3 is 0 Å². The van der Waals surface area contributed by atoms with E-state index in [1.165, 1.54) is 28.6 Å². The number of anilines is 1. The van der Waals surface area contributed by atoms with Crippen molar-refractivity contribution in [1.82, 2.24) is 4.72 Å². The van der Waals surface area contributed by atoms with Crippen molar-refractivity contribution in [2.45, 2.75) is 60.9 Å². The zero-order chi connectivity index (χ0) is 19.9. The second kappa shape index (κ2) is 7.17. The summed E-state index contributed by atoms with van der Waals surface area (Å²) in [6.45, 7) is 1.88. The maximum absolute atomic E-state index is 13.2. The summed E-state index contributed by atoms with van der Waals surface area (Å²) < 4.78 is 55.7. The summed E-state index contributed by atoms with van der Waals surface area (Å²) in [4.78, 5) is 0.184. The summed E-state index contributed by atoms with van der Waals surface area (Å²) in [6.07, 6.45) is 4.41. The van der Waals surface area contributed by atoms with E-state index in [0.717, 1.165) is 31.2 Å². The number of hydrogen-bond donors (Lipinski definition) is 1. The Balaban J connectivity index is 1.61. The van der Waals surface area contributed by atoms with Crippen LogP contribution in [0, 0.1) is 0 Å². The quantitative estimate of drug-likeness (QED) is 0.806. The average Bonchev–Trinajstić information content (AvgIpc) is 3.27. The summed E-state index contributed by atoms with van der Waals surface area (Å²) in [5.74, 6) is 0. The molecule has 2 aromatic carbocycles. The van der Waals surface area contributed by atoms with Gasteiger partial charge in [-0.3, -0.25) is 4.31 Å². The first kappa shape index (κ1) is 19.4. The lowest BCUT2D eigenvalue weighted by atomic mass is 10.1. The number of benzene rings is 2. The molecule has 0 unspecified atom stereocenters. The van der Waals surface area contributed by atoms with Gasteiger partial charge in [-0.05, 0) is 62.1 Å². The highest BCUT2D eigenvalue weighted by Crippen LogP contribution is 2.36. The molecule has 1 aliphatic carbocycles. The molecule has 0 bridgehead atoms. The van der Waals surface area contributed by atoms with Crippen molar-refractivity contribution in [2.24, 2.45) is 0 Å². The lowest BCUT2D eigenvalue weighted by Gasteiger charge is -2.24. The van der Waals surface area contributed by atoms with E-state index in [-0.39, 0.29) is 21.9 Å². The smallest absolute Gasteiger partial charge is 0.263 e. The molecule has 150 valence electrons. The molecule has 0 radical (unpaired) electrons. The molecule has 1 heterocycles. The fourth-order valence-electron chi connectivity index (χ4n) is 4.14. The monoisotopic (exact) mass is 420 g/mol. The predicted octanol–water partition coefficient (Wildman–Crippen LogP) is 3.05. The summed E-state index contributed by atoms with van der Waals surface area (Å²) >= 11 is 0. The lowest BCUT2D eigenvalue weighted by Crippen LogP contribution is -2.35. The molecule has 0 amide bonds. The number of rotatable bonds is 5. The van der Waals surface area contributed by atoms with E-state index >= 15 is 0 Å². The number of para-hydroxylation sites is 1. The molecule has 8 heteroatoms. The van der Waals surface area contributed by atoms with Crippen molar-refractivity contribution in [2.75, 3.05) is 4.31 Å². The van der Waals surface area contributed by atoms with Crippen molar-refractivity contribution in [3.63, 3.8) is 0 Å². The molecule has 1 atom stereocenters. The summed E-state index contributed by atoms with van der Waals surface area (Å²) in [7, 11) is -7.41. The van der Waals surface area contributed by atoms with E-state index in [0.29, 0.717) is 12.1 Å². The Kier molecular flexibility index (Phi) is 4.97. The lowest BCUT2D eigenvalue weighted by molar-refractivity contribution is 0.552. The van der Waals surface area contributed by atoms with Gasteiger partial charge in [-0.1, -0.05) is 31.0 Å². The highest BCUT2D eigenvalue weighted by Gasteiger charge is 2.36. The molecule has 0 spiro atoms. The van der Waals surface area contributed by atoms with Crippen molar-refractivity contribution in [3.05, 3.63) is 54.1 Å². The second-order valence-electron chi connectivity index (χ2n) is 7.56. The van der Waals surface area contributed by atoms with Gasteiger partial charge in [0.1, 0.15) is 0 Å². The molecular formula is C20H24N2O4S2. The standard InChI is InChI=1S/C20H24N2O4S2/c1-15-14-16-6-2-5-9-20(16)22(15)28(25,26)19-12-10-18(11-13-19)27(23,24)21-17-7-3-4-8-17/h2,5-6,9-13,15,17,21H,3-4,7-8,14H2,1H3/t15-/m0/s1. The van der Waals surface area contributed by atoms with Crippen molar-refractivity contribution >= 4 is 25.7 Å². The molecule has 6 nitrogen and oxygen atoms in total. The average molecular weight is 421 g/mol. The summed E-state index contributed by atoms with van der Waals surface area (Å²) in [5, 5.41) is 0. The predicted molar refractivity (Wildman–Crippen MR) is 108 cm³/mol. The van der Waals surface area contributed by atoms with Crippen molar-refractivity contribution in [1.29, 1.82) is 0 Å². The van der Waals surface area contributed by atoms with Gasteiger partial charge in [0.05, 0.1) is 15.5 Å². The Bertz CT molecular complexity index is 1070. The van der Waals surface area contributed by atoms with Gasteiger partial charge in [-0.25, -0.2) is 21.6 Å². The van der Waals surface area contributed by atoms with Gasteiger partial charge in [-0.2, -0.15) is 0 Å². The van der Waals surface area contributed by atoms with E-state index in [4.69, 9.17) is 0 Å². The van der Waals surface area contributed by atoms with Crippen LogP contribution >= 0.6 is 0 Å². The van der Waals surface area contributed by atoms with Crippen LogP contribution < -0.4 is 9.03 Å². The number of hydrogen-bond acceptors (Lipinski definition) is 4. The van der Waals surface area contributed by atoms with E-state index in [9.17, 15) is 16.8 Å². The Morgan fingerprint density at radius 1 is 0.893 bits per heavy atom. The van der Waals surface area contributed by atoms with Crippen LogP contribution in [0.1, 0.15) is 38.2 Å². The first-order valence-corrected chi connectivity index (χ1v) is 12.5. The van der Waals surface area contributed by atoms with Crippen LogP contribution in [-0.2, 0) is 26.5 Å². The molecule has 1 N–H and O–H groups in total. The van der Waals surface area contributed by atoms with E-state index in [1.54, 1.807) is 6.07 Å². The SMILES string of the molecule is C[C@H]1Cc2ccccc2N1S(=O)(=O)c1ccc(S(=O)(=O)NC2CCCC2)cc1. The van der Waals surface area contributed by atoms with E-state index in [1.807, 2.05) is 25.1 Å². The van der Waals surface area contributed by atoms with Crippen LogP contribution in [0.5, 0.6) is 0 Å². The molecule has 28 heavy (non-hydrogen) atoms. The molecule has 0 aromatic heterocycles. The fourth-order valence-corrected chi connectivity index (χ4v) is 7.14. The Labute approximate surface area is 166 Å². The highest BCUT2D eigenvalue weighted by atomic mass is 32.2. The van der Waals surface area contributed by atoms with Crippen LogP contribution in [0.25, 0.3) is 0 Å². The molecule has 1 aliphatic heterocycles. The molecule has 4 rings (SSSR count). The minimum absolute atomic E-state index is 0.0321. The molecule has 1 fully saturated rings. The first-order chi connectivity index (χ1) is 13.3. The van der Waals surface area contributed by atoms with Gasteiger partial charge in [0.25, 0.3) is 10.0 Å². The second-order valence-corrected chi connectivity index (χ2v) is 11.1. The number of nitrogens with one attached hydrogen (secondary N) is 1. The minimum Gasteiger partial charge on any atom is -0.263 e. The first-order valence-electron chi connectivity index (χ1n) is 9.54. The maximum Gasteiger partial charge on any atom is 0.264 e. The van der Waals surface area contributed by atoms with Crippen molar-refractivity contribution in [3.8, 4) is 0 Å². The van der Waals surface area contributed by atoms with Gasteiger partial charge in [0.15, 0.2) is 0 Å². The minimum atomic E-state index is -3.77. The van der Waals surface area contributed by atoms with E-state index < -0.39 is 20.0 Å². The van der Waals surface area contributed by atoms with Gasteiger partial charge < -0.3 is 0 Å². The Morgan fingerprint density at radius 2 is 1.50 bits per heavy atom. The maximum atomic E-state index is 13.2. The third-order valence-electron chi connectivity index (χ3n) is 5.51.